The van der Waals surface area contributed by atoms with Gasteiger partial charge in [-0.2, -0.15) is 0 Å². The largest absolute Gasteiger partial charge is 0.398 e. The number of rotatable bonds is 4. The smallest absolute Gasteiger partial charge is 0.256 e. The highest BCUT2D eigenvalue weighted by molar-refractivity contribution is 6.00. The summed E-state index contributed by atoms with van der Waals surface area (Å²) in [7, 11) is 0. The van der Waals surface area contributed by atoms with Crippen LogP contribution in [0.3, 0.4) is 0 Å². The Labute approximate surface area is 121 Å². The van der Waals surface area contributed by atoms with Gasteiger partial charge in [-0.3, -0.25) is 9.59 Å². The fourth-order valence-corrected chi connectivity index (χ4v) is 2.50. The van der Waals surface area contributed by atoms with E-state index in [4.69, 9.17) is 10.8 Å². The highest BCUT2D eigenvalue weighted by atomic mass is 16.3. The zero-order valence-electron chi connectivity index (χ0n) is 11.5. The maximum atomic E-state index is 12.5. The molecule has 0 bridgehead atoms. The molecule has 1 aromatic carbocycles. The summed E-state index contributed by atoms with van der Waals surface area (Å²) in [6, 6.07) is 5.64. The topological polar surface area (TPSA) is 97.3 Å². The Morgan fingerprint density at radius 3 is 2.86 bits per heavy atom. The SMILES string of the molecule is Nc1cccc2c1c(=O)c(C(=O)NCCO)cn2C1CC1. The molecule has 0 atom stereocenters. The normalized spacial score (nSPS) is 14.3. The number of pyridine rings is 1. The summed E-state index contributed by atoms with van der Waals surface area (Å²) in [6.45, 7) is -0.0533. The van der Waals surface area contributed by atoms with E-state index in [1.165, 1.54) is 0 Å². The van der Waals surface area contributed by atoms with Gasteiger partial charge in [0, 0.05) is 24.5 Å². The molecule has 0 spiro atoms. The van der Waals surface area contributed by atoms with E-state index in [0.29, 0.717) is 17.1 Å². The van der Waals surface area contributed by atoms with Gasteiger partial charge < -0.3 is 20.7 Å². The molecular weight excluding hydrogens is 270 g/mol. The van der Waals surface area contributed by atoms with E-state index in [2.05, 4.69) is 5.32 Å². The first kappa shape index (κ1) is 13.6. The number of benzene rings is 1. The first-order valence-corrected chi connectivity index (χ1v) is 6.96. The van der Waals surface area contributed by atoms with E-state index in [9.17, 15) is 9.59 Å². The van der Waals surface area contributed by atoms with Crippen molar-refractivity contribution < 1.29 is 9.90 Å². The fraction of sp³-hybridized carbons (Fsp3) is 0.333. The van der Waals surface area contributed by atoms with Gasteiger partial charge in [-0.15, -0.1) is 0 Å². The van der Waals surface area contributed by atoms with Crippen LogP contribution in [0.5, 0.6) is 0 Å². The number of aromatic nitrogens is 1. The van der Waals surface area contributed by atoms with Gasteiger partial charge in [-0.05, 0) is 25.0 Å². The number of anilines is 1. The van der Waals surface area contributed by atoms with E-state index in [0.717, 1.165) is 18.4 Å². The van der Waals surface area contributed by atoms with Crippen molar-refractivity contribution in [1.82, 2.24) is 9.88 Å². The third kappa shape index (κ3) is 2.38. The number of carbonyl (C=O) groups excluding carboxylic acids is 1. The van der Waals surface area contributed by atoms with Gasteiger partial charge in [0.2, 0.25) is 5.43 Å². The Morgan fingerprint density at radius 2 is 2.19 bits per heavy atom. The van der Waals surface area contributed by atoms with Crippen molar-refractivity contribution in [2.75, 3.05) is 18.9 Å². The van der Waals surface area contributed by atoms with Crippen molar-refractivity contribution in [1.29, 1.82) is 0 Å². The second kappa shape index (κ2) is 5.21. The Kier molecular flexibility index (Phi) is 3.39. The van der Waals surface area contributed by atoms with Gasteiger partial charge in [0.05, 0.1) is 17.5 Å². The second-order valence-electron chi connectivity index (χ2n) is 5.23. The molecule has 2 aromatic rings. The van der Waals surface area contributed by atoms with Crippen molar-refractivity contribution in [3.05, 3.63) is 40.2 Å². The number of carbonyl (C=O) groups is 1. The maximum Gasteiger partial charge on any atom is 0.256 e. The molecule has 0 unspecified atom stereocenters. The predicted octanol–water partition coefficient (Wildman–Crippen LogP) is 0.641. The number of nitrogens with zero attached hydrogens (tertiary/aromatic N) is 1. The molecule has 1 heterocycles. The van der Waals surface area contributed by atoms with Crippen LogP contribution in [0.4, 0.5) is 5.69 Å². The quantitative estimate of drug-likeness (QED) is 0.719. The van der Waals surface area contributed by atoms with E-state index in [-0.39, 0.29) is 24.1 Å². The van der Waals surface area contributed by atoms with Gasteiger partial charge in [-0.25, -0.2) is 0 Å². The van der Waals surface area contributed by atoms with Gasteiger partial charge >= 0.3 is 0 Å². The highest BCUT2D eigenvalue weighted by Crippen LogP contribution is 2.37. The number of aliphatic hydroxyl groups excluding tert-OH is 1. The Morgan fingerprint density at radius 1 is 1.43 bits per heavy atom. The standard InChI is InChI=1S/C15H17N3O3/c16-11-2-1-3-12-13(11)14(20)10(15(21)17-6-7-19)8-18(12)9-4-5-9/h1-3,8-9,19H,4-7,16H2,(H,17,21). The average Bonchev–Trinajstić information content (AvgIpc) is 3.29. The third-order valence-electron chi connectivity index (χ3n) is 3.67. The minimum Gasteiger partial charge on any atom is -0.398 e. The average molecular weight is 287 g/mol. The van der Waals surface area contributed by atoms with Crippen molar-refractivity contribution in [3.63, 3.8) is 0 Å². The Balaban J connectivity index is 2.21. The number of hydrogen-bond donors (Lipinski definition) is 3. The summed E-state index contributed by atoms with van der Waals surface area (Å²) >= 11 is 0. The number of nitrogens with one attached hydrogen (secondary N) is 1. The Hall–Kier alpha value is -2.34. The molecule has 1 amide bonds. The molecule has 1 saturated carbocycles. The van der Waals surface area contributed by atoms with E-state index >= 15 is 0 Å². The van der Waals surface area contributed by atoms with Gasteiger partial charge in [-0.1, -0.05) is 6.07 Å². The predicted molar refractivity (Wildman–Crippen MR) is 80.3 cm³/mol. The lowest BCUT2D eigenvalue weighted by Crippen LogP contribution is -2.31. The van der Waals surface area contributed by atoms with E-state index in [1.807, 2.05) is 16.7 Å². The van der Waals surface area contributed by atoms with Crippen LogP contribution in [0.15, 0.2) is 29.2 Å². The third-order valence-corrected chi connectivity index (χ3v) is 3.67. The van der Waals surface area contributed by atoms with Crippen LogP contribution in [0.2, 0.25) is 0 Å². The molecule has 0 aliphatic heterocycles. The molecular formula is C15H17N3O3. The van der Waals surface area contributed by atoms with Gasteiger partial charge in [0.1, 0.15) is 5.56 Å². The minimum atomic E-state index is -0.478. The Bertz CT molecular complexity index is 763. The summed E-state index contributed by atoms with van der Waals surface area (Å²) < 4.78 is 1.96. The molecule has 0 saturated heterocycles. The second-order valence-corrected chi connectivity index (χ2v) is 5.23. The zero-order chi connectivity index (χ0) is 15.0. The number of fused-ring (bicyclic) bond motifs is 1. The number of hydrogen-bond acceptors (Lipinski definition) is 4. The molecule has 110 valence electrons. The first-order valence-electron chi connectivity index (χ1n) is 6.96. The minimum absolute atomic E-state index is 0.0701. The highest BCUT2D eigenvalue weighted by Gasteiger charge is 2.27. The molecule has 0 radical (unpaired) electrons. The van der Waals surface area contributed by atoms with Crippen molar-refractivity contribution in [3.8, 4) is 0 Å². The van der Waals surface area contributed by atoms with Crippen molar-refractivity contribution in [2.24, 2.45) is 0 Å². The van der Waals surface area contributed by atoms with Crippen LogP contribution < -0.4 is 16.5 Å². The molecule has 1 aliphatic carbocycles. The molecule has 6 heteroatoms. The molecule has 1 aromatic heterocycles. The summed E-state index contributed by atoms with van der Waals surface area (Å²) in [5, 5.41) is 11.7. The van der Waals surface area contributed by atoms with Crippen LogP contribution in [0.25, 0.3) is 10.9 Å². The lowest BCUT2D eigenvalue weighted by Gasteiger charge is -2.13. The first-order chi connectivity index (χ1) is 10.1. The summed E-state index contributed by atoms with van der Waals surface area (Å²) in [5.74, 6) is -0.478. The maximum absolute atomic E-state index is 12.5. The zero-order valence-corrected chi connectivity index (χ0v) is 11.5. The summed E-state index contributed by atoms with van der Waals surface area (Å²) in [4.78, 5) is 24.6. The van der Waals surface area contributed by atoms with Crippen LogP contribution in [-0.2, 0) is 0 Å². The number of amides is 1. The molecule has 1 aliphatic rings. The van der Waals surface area contributed by atoms with E-state index in [1.54, 1.807) is 12.3 Å². The molecule has 21 heavy (non-hydrogen) atoms. The molecule has 1 fully saturated rings. The fourth-order valence-electron chi connectivity index (χ4n) is 2.50. The summed E-state index contributed by atoms with van der Waals surface area (Å²) in [6.07, 6.45) is 3.67. The number of nitrogens with two attached hydrogens (primary N) is 1. The molecule has 3 rings (SSSR count). The van der Waals surface area contributed by atoms with Crippen LogP contribution in [-0.4, -0.2) is 28.7 Å². The van der Waals surface area contributed by atoms with Gasteiger partial charge in [0.15, 0.2) is 0 Å². The van der Waals surface area contributed by atoms with Crippen molar-refractivity contribution in [2.45, 2.75) is 18.9 Å². The summed E-state index contributed by atoms with van der Waals surface area (Å²) in [5.41, 5.74) is 6.78. The monoisotopic (exact) mass is 287 g/mol. The number of nitrogen functional groups attached to an aromatic ring is 1. The van der Waals surface area contributed by atoms with E-state index < -0.39 is 5.91 Å². The molecule has 6 nitrogen and oxygen atoms in total. The van der Waals surface area contributed by atoms with Crippen molar-refractivity contribution >= 4 is 22.5 Å². The van der Waals surface area contributed by atoms with Crippen LogP contribution in [0.1, 0.15) is 29.2 Å². The van der Waals surface area contributed by atoms with Gasteiger partial charge in [0.25, 0.3) is 5.91 Å². The lowest BCUT2D eigenvalue weighted by atomic mass is 10.1. The molecule has 4 N–H and O–H groups in total. The van der Waals surface area contributed by atoms with Crippen LogP contribution >= 0.6 is 0 Å². The van der Waals surface area contributed by atoms with Crippen LogP contribution in [0, 0.1) is 0 Å². The lowest BCUT2D eigenvalue weighted by molar-refractivity contribution is 0.0943. The number of aliphatic hydroxyl groups is 1.